The Morgan fingerprint density at radius 3 is 0.738 bits per heavy atom. The molecule has 0 spiro atoms. The van der Waals surface area contributed by atoms with Crippen molar-refractivity contribution in [2.45, 2.75) is 105 Å². The van der Waals surface area contributed by atoms with Gasteiger partial charge in [-0.1, -0.05) is 253 Å². The largest absolute Gasteiger partial charge is 2.00 e. The number of fused-ring (bicyclic) bond motifs is 2. The minimum Gasteiger partial charge on any atom is -1.00 e. The van der Waals surface area contributed by atoms with Gasteiger partial charge in [-0.2, -0.15) is 0 Å². The molecular weight excluding hydrogens is 1140 g/mol. The summed E-state index contributed by atoms with van der Waals surface area (Å²) in [4.78, 5) is 0. The van der Waals surface area contributed by atoms with E-state index in [9.17, 15) is 0 Å². The summed E-state index contributed by atoms with van der Waals surface area (Å²) in [6, 6.07) is 66.3. The van der Waals surface area contributed by atoms with Gasteiger partial charge in [0, 0.05) is 0 Å². The molecule has 0 amide bonds. The Balaban J connectivity index is 0.00000264. The maximum Gasteiger partial charge on any atom is 2.00 e. The van der Waals surface area contributed by atoms with Crippen molar-refractivity contribution in [3.8, 4) is 11.1 Å². The summed E-state index contributed by atoms with van der Waals surface area (Å²) in [5.74, 6) is 0. The van der Waals surface area contributed by atoms with E-state index in [1.165, 1.54) is 86.8 Å². The van der Waals surface area contributed by atoms with Crippen LogP contribution in [0.3, 0.4) is 0 Å². The van der Waals surface area contributed by atoms with Crippen molar-refractivity contribution in [1.82, 2.24) is 0 Å². The van der Waals surface area contributed by atoms with Crippen molar-refractivity contribution in [2.24, 2.45) is 0 Å². The van der Waals surface area contributed by atoms with Gasteiger partial charge in [-0.25, -0.2) is 0 Å². The molecule has 0 heterocycles. The zero-order chi connectivity index (χ0) is 44.2. The number of halogens is 2. The average Bonchev–Trinajstić information content (AvgIpc) is 3.23. The van der Waals surface area contributed by atoms with Crippen LogP contribution in [0.2, 0.25) is 0 Å². The zero-order valence-electron chi connectivity index (χ0n) is 40.2. The van der Waals surface area contributed by atoms with Gasteiger partial charge in [0.05, 0.1) is 0 Å². The molecule has 0 atom stereocenters. The summed E-state index contributed by atoms with van der Waals surface area (Å²) < 4.78 is 0. The average molecular weight is 1200 g/mol. The molecule has 0 unspecified atom stereocenters. The molecule has 65 heavy (non-hydrogen) atoms. The topological polar surface area (TPSA) is 0 Å². The van der Waals surface area contributed by atoms with Gasteiger partial charge in [0.2, 0.25) is 0 Å². The van der Waals surface area contributed by atoms with Crippen molar-refractivity contribution in [2.75, 3.05) is 0 Å². The van der Waals surface area contributed by atoms with Gasteiger partial charge >= 0.3 is 19.5 Å². The molecule has 0 fully saturated rings. The Labute approximate surface area is 440 Å². The minimum atomic E-state index is -0.983. The van der Waals surface area contributed by atoms with E-state index in [-0.39, 0.29) is 89.1 Å². The second kappa shape index (κ2) is 20.8. The second-order valence-electron chi connectivity index (χ2n) is 21.2. The third-order valence-electron chi connectivity index (χ3n) is 12.5. The minimum absolute atomic E-state index is 0. The molecule has 8 aromatic carbocycles. The summed E-state index contributed by atoms with van der Waals surface area (Å²) in [5, 5.41) is 13.4. The Bertz CT molecular complexity index is 2540. The fraction of sp³-hybridized carbons (Fsp3) is 0.267. The molecule has 0 N–H and O–H groups in total. The molecule has 0 saturated carbocycles. The fourth-order valence-electron chi connectivity index (χ4n) is 8.71. The predicted molar refractivity (Wildman–Crippen MR) is 279 cm³/mol. The van der Waals surface area contributed by atoms with Gasteiger partial charge in [-0.15, -0.1) is 0 Å². The SMILES string of the molecule is CC(C)(C)c1ccc(P(c2ccc(C(C)(C)C)cc2)c2ccc3ccccc3c2-c2c(P(c3ccc(C(C)(C)C)cc3)c3ccc(C(C)(C)C)cc3)ccc3ccccc23)cc1.[I-].[I-].[Ru+2]. The van der Waals surface area contributed by atoms with Crippen LogP contribution >= 0.6 is 15.8 Å². The van der Waals surface area contributed by atoms with E-state index in [4.69, 9.17) is 0 Å². The summed E-state index contributed by atoms with van der Waals surface area (Å²) in [5.41, 5.74) is 8.39. The van der Waals surface area contributed by atoms with E-state index < -0.39 is 15.8 Å². The van der Waals surface area contributed by atoms with E-state index >= 15 is 0 Å². The predicted octanol–water partition coefficient (Wildman–Crippen LogP) is 8.37. The normalized spacial score (nSPS) is 12.2. The van der Waals surface area contributed by atoms with Gasteiger partial charge in [-0.05, 0) is 124 Å². The van der Waals surface area contributed by atoms with Crippen molar-refractivity contribution < 1.29 is 67.4 Å². The van der Waals surface area contributed by atoms with E-state index in [0.29, 0.717) is 0 Å². The summed E-state index contributed by atoms with van der Waals surface area (Å²) >= 11 is 0. The first-order valence-electron chi connectivity index (χ1n) is 22.4. The number of hydrogen-bond donors (Lipinski definition) is 0. The standard InChI is InChI=1S/C60H64P2.2HI.Ru/c1-57(2,3)43-23-31-47(32-24-43)61(48-33-25-44(26-34-48)58(4,5)6)53-39-21-41-17-13-15-19-51(41)55(53)56-52-20-16-14-18-42(52)22-40-54(56)62(49-35-27-45(28-36-49)59(7,8)9)50-37-29-46(30-38-50)60(10,11)12;;;/h13-40H,1-12H3;2*1H;/q;;;+2/p-2. The molecule has 0 aliphatic carbocycles. The van der Waals surface area contributed by atoms with E-state index in [1.54, 1.807) is 0 Å². The van der Waals surface area contributed by atoms with E-state index in [1.807, 2.05) is 0 Å². The molecule has 0 bridgehead atoms. The Kier molecular flexibility index (Phi) is 17.1. The first kappa shape index (κ1) is 53.2. The van der Waals surface area contributed by atoms with Crippen LogP contribution in [0.25, 0.3) is 32.7 Å². The van der Waals surface area contributed by atoms with Crippen molar-refractivity contribution in [3.63, 3.8) is 0 Å². The number of rotatable bonds is 7. The smallest absolute Gasteiger partial charge is 1.00 e. The molecule has 5 heteroatoms. The van der Waals surface area contributed by atoms with Gasteiger partial charge in [0.1, 0.15) is 0 Å². The van der Waals surface area contributed by atoms with Crippen molar-refractivity contribution in [1.29, 1.82) is 0 Å². The van der Waals surface area contributed by atoms with Crippen LogP contribution < -0.4 is 79.8 Å². The molecule has 8 aromatic rings. The molecule has 0 aliphatic rings. The Hall–Kier alpha value is -2.78. The van der Waals surface area contributed by atoms with Crippen LogP contribution in [0.5, 0.6) is 0 Å². The summed E-state index contributed by atoms with van der Waals surface area (Å²) in [7, 11) is -1.97. The first-order chi connectivity index (χ1) is 29.3. The van der Waals surface area contributed by atoms with Gasteiger partial charge < -0.3 is 48.0 Å². The van der Waals surface area contributed by atoms with Crippen LogP contribution in [0.4, 0.5) is 0 Å². The summed E-state index contributed by atoms with van der Waals surface area (Å²) in [6.45, 7) is 27.7. The van der Waals surface area contributed by atoms with Crippen LogP contribution in [0.15, 0.2) is 170 Å². The van der Waals surface area contributed by atoms with Crippen molar-refractivity contribution >= 4 is 69.2 Å². The van der Waals surface area contributed by atoms with E-state index in [2.05, 4.69) is 253 Å². The molecule has 336 valence electrons. The summed E-state index contributed by atoms with van der Waals surface area (Å²) in [6.07, 6.45) is 0. The number of hydrogen-bond acceptors (Lipinski definition) is 0. The molecule has 0 nitrogen and oxygen atoms in total. The first-order valence-corrected chi connectivity index (χ1v) is 25.0. The van der Waals surface area contributed by atoms with Gasteiger partial charge in [0.15, 0.2) is 0 Å². The van der Waals surface area contributed by atoms with Gasteiger partial charge in [0.25, 0.3) is 0 Å². The molecule has 0 saturated heterocycles. The van der Waals surface area contributed by atoms with Crippen LogP contribution in [0.1, 0.15) is 105 Å². The molecule has 0 aliphatic heterocycles. The third kappa shape index (κ3) is 11.4. The Morgan fingerprint density at radius 2 is 0.508 bits per heavy atom. The molecule has 0 radical (unpaired) electrons. The Morgan fingerprint density at radius 1 is 0.277 bits per heavy atom. The molecular formula is C60H64I2P2Ru. The van der Waals surface area contributed by atoms with Crippen LogP contribution in [0, 0.1) is 0 Å². The fourth-order valence-corrected chi connectivity index (χ4v) is 13.6. The molecule has 0 aromatic heterocycles. The maximum absolute atomic E-state index is 2.47. The monoisotopic (exact) mass is 1200 g/mol. The maximum atomic E-state index is 2.47. The van der Waals surface area contributed by atoms with E-state index in [0.717, 1.165) is 0 Å². The quantitative estimate of drug-likeness (QED) is 0.0856. The molecule has 8 rings (SSSR count). The van der Waals surface area contributed by atoms with Crippen molar-refractivity contribution in [3.05, 3.63) is 192 Å². The zero-order valence-corrected chi connectivity index (χ0v) is 48.0. The van der Waals surface area contributed by atoms with Crippen LogP contribution in [-0.2, 0) is 41.1 Å². The second-order valence-corrected chi connectivity index (χ2v) is 25.6. The van der Waals surface area contributed by atoms with Crippen LogP contribution in [-0.4, -0.2) is 0 Å². The number of benzene rings is 8. The third-order valence-corrected chi connectivity index (χ3v) is 17.5. The van der Waals surface area contributed by atoms with Gasteiger partial charge in [-0.3, -0.25) is 0 Å².